The van der Waals surface area contributed by atoms with Crippen LogP contribution in [0.5, 0.6) is 0 Å². The van der Waals surface area contributed by atoms with E-state index in [0.717, 1.165) is 16.8 Å². The minimum absolute atomic E-state index is 0.670. The molecule has 3 aromatic rings. The molecule has 4 nitrogen and oxygen atoms in total. The first-order valence-corrected chi connectivity index (χ1v) is 5.99. The zero-order valence-electron chi connectivity index (χ0n) is 8.92. The van der Waals surface area contributed by atoms with E-state index in [1.807, 2.05) is 22.8 Å². The van der Waals surface area contributed by atoms with Gasteiger partial charge in [-0.2, -0.15) is 0 Å². The fourth-order valence-corrected chi connectivity index (χ4v) is 1.98. The highest BCUT2D eigenvalue weighted by Crippen LogP contribution is 2.13. The molecule has 0 aliphatic heterocycles. The maximum absolute atomic E-state index is 4.39. The van der Waals surface area contributed by atoms with Crippen molar-refractivity contribution < 1.29 is 0 Å². The first kappa shape index (κ1) is 10.4. The van der Waals surface area contributed by atoms with E-state index in [9.17, 15) is 0 Å². The van der Waals surface area contributed by atoms with Crippen LogP contribution in [0.4, 0.5) is 0 Å². The van der Waals surface area contributed by atoms with Gasteiger partial charge in [-0.15, -0.1) is 0 Å². The fraction of sp³-hybridized carbons (Fsp3) is 0.0833. The number of aromatic nitrogens is 4. The number of fused-ring (bicyclic) bond motifs is 1. The van der Waals surface area contributed by atoms with Crippen molar-refractivity contribution in [1.82, 2.24) is 19.5 Å². The van der Waals surface area contributed by atoms with Crippen LogP contribution in [0.15, 0.2) is 47.5 Å². The van der Waals surface area contributed by atoms with Gasteiger partial charge >= 0.3 is 0 Å². The summed E-state index contributed by atoms with van der Waals surface area (Å²) in [7, 11) is 0. The van der Waals surface area contributed by atoms with Gasteiger partial charge < -0.3 is 4.57 Å². The predicted octanol–water partition coefficient (Wildman–Crippen LogP) is 2.64. The zero-order valence-corrected chi connectivity index (χ0v) is 10.5. The average Bonchev–Trinajstić information content (AvgIpc) is 2.73. The van der Waals surface area contributed by atoms with Crippen molar-refractivity contribution in [2.24, 2.45) is 0 Å². The normalized spacial score (nSPS) is 10.9. The van der Waals surface area contributed by atoms with Crippen molar-refractivity contribution in [2.45, 2.75) is 6.54 Å². The Labute approximate surface area is 106 Å². The average molecular weight is 289 g/mol. The van der Waals surface area contributed by atoms with Crippen molar-refractivity contribution in [3.63, 3.8) is 0 Å². The number of benzene rings is 1. The lowest BCUT2D eigenvalue weighted by Gasteiger charge is -2.03. The molecule has 0 atom stereocenters. The minimum Gasteiger partial charge on any atom is -0.309 e. The summed E-state index contributed by atoms with van der Waals surface area (Å²) in [6.07, 6.45) is 3.42. The molecule has 2 heterocycles. The molecule has 0 N–H and O–H groups in total. The summed E-state index contributed by atoms with van der Waals surface area (Å²) in [6, 6.07) is 10.2. The lowest BCUT2D eigenvalue weighted by molar-refractivity contribution is 0.813. The minimum atomic E-state index is 0.670. The lowest BCUT2D eigenvalue weighted by Crippen LogP contribution is -1.99. The highest BCUT2D eigenvalue weighted by atomic mass is 79.9. The molecule has 0 unspecified atom stereocenters. The summed E-state index contributed by atoms with van der Waals surface area (Å²) in [5.74, 6) is 0. The van der Waals surface area contributed by atoms with Crippen LogP contribution in [0.1, 0.15) is 5.56 Å². The van der Waals surface area contributed by atoms with Crippen LogP contribution in [0.25, 0.3) is 11.3 Å². The number of imidazole rings is 1. The third-order valence-corrected chi connectivity index (χ3v) is 2.88. The van der Waals surface area contributed by atoms with Crippen molar-refractivity contribution >= 4 is 27.2 Å². The number of halogens is 1. The van der Waals surface area contributed by atoms with Crippen LogP contribution >= 0.6 is 15.9 Å². The number of rotatable bonds is 2. The summed E-state index contributed by atoms with van der Waals surface area (Å²) in [5, 5.41) is 0. The van der Waals surface area contributed by atoms with E-state index in [4.69, 9.17) is 0 Å². The van der Waals surface area contributed by atoms with Crippen molar-refractivity contribution in [3.8, 4) is 0 Å². The van der Waals surface area contributed by atoms with Gasteiger partial charge in [0.25, 0.3) is 0 Å². The van der Waals surface area contributed by atoms with Crippen LogP contribution in [-0.4, -0.2) is 19.5 Å². The largest absolute Gasteiger partial charge is 0.309 e. The molecule has 3 rings (SSSR count). The lowest BCUT2D eigenvalue weighted by atomic mass is 10.2. The summed E-state index contributed by atoms with van der Waals surface area (Å²) in [6.45, 7) is 0.752. The Balaban J connectivity index is 2.03. The molecule has 1 aromatic carbocycles. The van der Waals surface area contributed by atoms with Crippen LogP contribution in [0.3, 0.4) is 0 Å². The Bertz CT molecular complexity index is 648. The molecular weight excluding hydrogens is 280 g/mol. The van der Waals surface area contributed by atoms with Crippen LogP contribution < -0.4 is 0 Å². The van der Waals surface area contributed by atoms with Gasteiger partial charge in [-0.3, -0.25) is 0 Å². The van der Waals surface area contributed by atoms with Gasteiger partial charge in [-0.1, -0.05) is 30.3 Å². The molecular formula is C12H9BrN4. The first-order chi connectivity index (χ1) is 8.33. The van der Waals surface area contributed by atoms with Gasteiger partial charge in [0.15, 0.2) is 11.3 Å². The van der Waals surface area contributed by atoms with E-state index < -0.39 is 0 Å². The molecule has 5 heteroatoms. The van der Waals surface area contributed by atoms with E-state index in [-0.39, 0.29) is 0 Å². The van der Waals surface area contributed by atoms with Gasteiger partial charge in [0.1, 0.15) is 4.60 Å². The molecule has 0 bridgehead atoms. The molecule has 0 aliphatic rings. The van der Waals surface area contributed by atoms with Crippen LogP contribution in [-0.2, 0) is 6.54 Å². The molecule has 0 fully saturated rings. The molecule has 0 aliphatic carbocycles. The number of hydrogen-bond acceptors (Lipinski definition) is 3. The Morgan fingerprint density at radius 3 is 2.76 bits per heavy atom. The molecule has 0 saturated carbocycles. The highest BCUT2D eigenvalue weighted by molar-refractivity contribution is 9.10. The van der Waals surface area contributed by atoms with Crippen LogP contribution in [0, 0.1) is 0 Å². The Morgan fingerprint density at radius 1 is 1.12 bits per heavy atom. The molecule has 0 amide bonds. The first-order valence-electron chi connectivity index (χ1n) is 5.20. The van der Waals surface area contributed by atoms with Gasteiger partial charge in [0.05, 0.1) is 19.1 Å². The third-order valence-electron chi connectivity index (χ3n) is 2.49. The highest BCUT2D eigenvalue weighted by Gasteiger charge is 2.06. The quantitative estimate of drug-likeness (QED) is 0.728. The maximum Gasteiger partial charge on any atom is 0.197 e. The molecule has 0 spiro atoms. The fourth-order valence-electron chi connectivity index (χ4n) is 1.71. The van der Waals surface area contributed by atoms with Crippen LogP contribution in [0.2, 0.25) is 0 Å². The molecule has 84 valence electrons. The van der Waals surface area contributed by atoms with E-state index in [1.165, 1.54) is 5.56 Å². The van der Waals surface area contributed by atoms with Gasteiger partial charge in [0.2, 0.25) is 0 Å². The second-order valence-electron chi connectivity index (χ2n) is 3.70. The van der Waals surface area contributed by atoms with Crippen molar-refractivity contribution in [3.05, 3.63) is 53.0 Å². The van der Waals surface area contributed by atoms with Gasteiger partial charge in [-0.05, 0) is 21.5 Å². The number of hydrogen-bond donors (Lipinski definition) is 0. The standard InChI is InChI=1S/C12H9BrN4/c13-10-6-14-11-12(16-10)17(8-15-11)7-9-4-2-1-3-5-9/h1-6,8H,7H2. The molecule has 0 radical (unpaired) electrons. The number of nitrogens with zero attached hydrogens (tertiary/aromatic N) is 4. The van der Waals surface area contributed by atoms with E-state index in [1.54, 1.807) is 12.5 Å². The SMILES string of the molecule is Brc1cnc2ncn(Cc3ccccc3)c2n1. The Hall–Kier alpha value is -1.75. The van der Waals surface area contributed by atoms with Gasteiger partial charge in [-0.25, -0.2) is 15.0 Å². The topological polar surface area (TPSA) is 43.6 Å². The second-order valence-corrected chi connectivity index (χ2v) is 4.51. The monoisotopic (exact) mass is 288 g/mol. The van der Waals surface area contributed by atoms with E-state index in [2.05, 4.69) is 43.0 Å². The second kappa shape index (κ2) is 4.25. The Kier molecular flexibility index (Phi) is 2.60. The summed E-state index contributed by atoms with van der Waals surface area (Å²) < 4.78 is 2.71. The Morgan fingerprint density at radius 2 is 1.94 bits per heavy atom. The smallest absolute Gasteiger partial charge is 0.197 e. The summed E-state index contributed by atoms with van der Waals surface area (Å²) in [5.41, 5.74) is 2.68. The third kappa shape index (κ3) is 2.06. The van der Waals surface area contributed by atoms with E-state index in [0.29, 0.717) is 5.65 Å². The van der Waals surface area contributed by atoms with Gasteiger partial charge in [0, 0.05) is 0 Å². The molecule has 17 heavy (non-hydrogen) atoms. The zero-order chi connectivity index (χ0) is 11.7. The molecule has 0 saturated heterocycles. The summed E-state index contributed by atoms with van der Waals surface area (Å²) in [4.78, 5) is 12.8. The van der Waals surface area contributed by atoms with E-state index >= 15 is 0 Å². The summed E-state index contributed by atoms with van der Waals surface area (Å²) >= 11 is 3.32. The van der Waals surface area contributed by atoms with Crippen molar-refractivity contribution in [1.29, 1.82) is 0 Å². The van der Waals surface area contributed by atoms with Crippen molar-refractivity contribution in [2.75, 3.05) is 0 Å². The molecule has 2 aromatic heterocycles. The maximum atomic E-state index is 4.39. The predicted molar refractivity (Wildman–Crippen MR) is 68.6 cm³/mol.